The predicted octanol–water partition coefficient (Wildman–Crippen LogP) is 2.74. The maximum Gasteiger partial charge on any atom is 0.346 e. The molecule has 4 aromatic rings. The first-order chi connectivity index (χ1) is 14.0. The van der Waals surface area contributed by atoms with Gasteiger partial charge >= 0.3 is 5.69 Å². The Hall–Kier alpha value is -3.75. The van der Waals surface area contributed by atoms with Crippen molar-refractivity contribution in [2.24, 2.45) is 7.05 Å². The van der Waals surface area contributed by atoms with Gasteiger partial charge in [0.1, 0.15) is 18.1 Å². The van der Waals surface area contributed by atoms with Crippen LogP contribution in [0.1, 0.15) is 24.2 Å². The number of hydrogen-bond donors (Lipinski definition) is 0. The van der Waals surface area contributed by atoms with Crippen LogP contribution < -0.4 is 10.4 Å². The fourth-order valence-electron chi connectivity index (χ4n) is 2.82. The Labute approximate surface area is 166 Å². The summed E-state index contributed by atoms with van der Waals surface area (Å²) < 4.78 is 13.9. The summed E-state index contributed by atoms with van der Waals surface area (Å²) in [6, 6.07) is 11.4. The van der Waals surface area contributed by atoms with Gasteiger partial charge in [-0.15, -0.1) is 0 Å². The lowest BCUT2D eigenvalue weighted by Gasteiger charge is -2.06. The molecule has 0 saturated heterocycles. The van der Waals surface area contributed by atoms with Gasteiger partial charge in [-0.1, -0.05) is 24.2 Å². The molecule has 0 unspecified atom stereocenters. The minimum Gasteiger partial charge on any atom is -0.439 e. The standard InChI is InChI=1S/C20H20N6O3/c1-4-14-6-5-7-16(10-14)28-17-11-15(8-9-21-17)19-22-18(29-24-19)12-26-20(27)25(3)13(2)23-26/h5-11H,4,12H2,1-3H3. The van der Waals surface area contributed by atoms with E-state index in [0.29, 0.717) is 28.8 Å². The van der Waals surface area contributed by atoms with Gasteiger partial charge in [0.15, 0.2) is 0 Å². The zero-order valence-corrected chi connectivity index (χ0v) is 16.4. The fourth-order valence-corrected chi connectivity index (χ4v) is 2.82. The maximum absolute atomic E-state index is 12.1. The SMILES string of the molecule is CCc1cccc(Oc2cc(-c3noc(Cn4nc(C)n(C)c4=O)n3)ccn2)c1. The second-order valence-electron chi connectivity index (χ2n) is 6.54. The fraction of sp³-hybridized carbons (Fsp3) is 0.250. The highest BCUT2D eigenvalue weighted by Gasteiger charge is 2.14. The van der Waals surface area contributed by atoms with Gasteiger partial charge in [0.2, 0.25) is 17.6 Å². The number of benzene rings is 1. The van der Waals surface area contributed by atoms with Crippen molar-refractivity contribution < 1.29 is 9.26 Å². The van der Waals surface area contributed by atoms with Crippen molar-refractivity contribution in [1.29, 1.82) is 0 Å². The van der Waals surface area contributed by atoms with Gasteiger partial charge in [0.05, 0.1) is 0 Å². The molecule has 0 aliphatic heterocycles. The number of ether oxygens (including phenoxy) is 1. The molecular formula is C20H20N6O3. The minimum absolute atomic E-state index is 0.103. The van der Waals surface area contributed by atoms with Gasteiger partial charge in [-0.05, 0) is 37.1 Å². The zero-order chi connectivity index (χ0) is 20.4. The van der Waals surface area contributed by atoms with Crippen LogP contribution in [-0.4, -0.2) is 29.5 Å². The number of nitrogens with zero attached hydrogens (tertiary/aromatic N) is 6. The highest BCUT2D eigenvalue weighted by Crippen LogP contribution is 2.24. The largest absolute Gasteiger partial charge is 0.439 e. The molecule has 148 valence electrons. The molecule has 0 spiro atoms. The summed E-state index contributed by atoms with van der Waals surface area (Å²) in [6.07, 6.45) is 2.55. The number of aryl methyl sites for hydroxylation is 2. The van der Waals surface area contributed by atoms with Crippen LogP contribution in [0.5, 0.6) is 11.6 Å². The molecule has 4 rings (SSSR count). The van der Waals surface area contributed by atoms with Gasteiger partial charge < -0.3 is 9.26 Å². The summed E-state index contributed by atoms with van der Waals surface area (Å²) in [5.41, 5.74) is 1.64. The van der Waals surface area contributed by atoms with Gasteiger partial charge in [-0.3, -0.25) is 4.57 Å². The molecule has 0 amide bonds. The molecule has 0 fully saturated rings. The highest BCUT2D eigenvalue weighted by atomic mass is 16.5. The molecule has 0 aliphatic rings. The third kappa shape index (κ3) is 3.93. The van der Waals surface area contributed by atoms with E-state index in [2.05, 4.69) is 27.1 Å². The second-order valence-corrected chi connectivity index (χ2v) is 6.54. The van der Waals surface area contributed by atoms with Crippen molar-refractivity contribution >= 4 is 0 Å². The molecule has 0 radical (unpaired) electrons. The smallest absolute Gasteiger partial charge is 0.346 e. The lowest BCUT2D eigenvalue weighted by atomic mass is 10.2. The third-order valence-corrected chi connectivity index (χ3v) is 4.53. The van der Waals surface area contributed by atoms with E-state index >= 15 is 0 Å². The number of aromatic nitrogens is 6. The topological polar surface area (TPSA) is 101 Å². The van der Waals surface area contributed by atoms with E-state index in [1.54, 1.807) is 32.3 Å². The summed E-state index contributed by atoms with van der Waals surface area (Å²) in [6.45, 7) is 3.95. The van der Waals surface area contributed by atoms with Crippen LogP contribution in [0.3, 0.4) is 0 Å². The van der Waals surface area contributed by atoms with Crippen molar-refractivity contribution in [3.05, 3.63) is 70.4 Å². The average Bonchev–Trinajstić information content (AvgIpc) is 3.29. The molecule has 29 heavy (non-hydrogen) atoms. The monoisotopic (exact) mass is 392 g/mol. The van der Waals surface area contributed by atoms with E-state index in [0.717, 1.165) is 6.42 Å². The quantitative estimate of drug-likeness (QED) is 0.497. The highest BCUT2D eigenvalue weighted by molar-refractivity contribution is 5.55. The molecule has 0 aliphatic carbocycles. The van der Waals surface area contributed by atoms with Crippen LogP contribution >= 0.6 is 0 Å². The molecule has 0 N–H and O–H groups in total. The van der Waals surface area contributed by atoms with Crippen LogP contribution in [0, 0.1) is 6.92 Å². The molecule has 0 saturated carbocycles. The molecule has 9 heteroatoms. The van der Waals surface area contributed by atoms with Crippen molar-refractivity contribution in [2.45, 2.75) is 26.8 Å². The van der Waals surface area contributed by atoms with Crippen LogP contribution in [0.15, 0.2) is 51.9 Å². The van der Waals surface area contributed by atoms with Crippen LogP contribution in [0.2, 0.25) is 0 Å². The van der Waals surface area contributed by atoms with Crippen LogP contribution in [0.25, 0.3) is 11.4 Å². The molecule has 0 atom stereocenters. The molecule has 1 aromatic carbocycles. The first-order valence-corrected chi connectivity index (χ1v) is 9.19. The molecular weight excluding hydrogens is 372 g/mol. The Morgan fingerprint density at radius 1 is 1.21 bits per heavy atom. The summed E-state index contributed by atoms with van der Waals surface area (Å²) in [4.78, 5) is 20.7. The van der Waals surface area contributed by atoms with Gasteiger partial charge in [-0.25, -0.2) is 14.5 Å². The molecule has 9 nitrogen and oxygen atoms in total. The first kappa shape index (κ1) is 18.6. The Kier molecular flexibility index (Phi) is 4.94. The summed E-state index contributed by atoms with van der Waals surface area (Å²) >= 11 is 0. The summed E-state index contributed by atoms with van der Waals surface area (Å²) in [7, 11) is 1.66. The van der Waals surface area contributed by atoms with E-state index in [9.17, 15) is 4.79 Å². The van der Waals surface area contributed by atoms with Crippen molar-refractivity contribution in [3.63, 3.8) is 0 Å². The number of pyridine rings is 1. The van der Waals surface area contributed by atoms with Crippen molar-refractivity contribution in [2.75, 3.05) is 0 Å². The summed E-state index contributed by atoms with van der Waals surface area (Å²) in [5, 5.41) is 8.17. The Morgan fingerprint density at radius 2 is 2.07 bits per heavy atom. The average molecular weight is 392 g/mol. The van der Waals surface area contributed by atoms with E-state index in [1.165, 1.54) is 14.8 Å². The lowest BCUT2D eigenvalue weighted by Crippen LogP contribution is -2.23. The summed E-state index contributed by atoms with van der Waals surface area (Å²) in [5.74, 6) is 2.43. The second kappa shape index (κ2) is 7.70. The Morgan fingerprint density at radius 3 is 2.83 bits per heavy atom. The van der Waals surface area contributed by atoms with Gasteiger partial charge in [0.25, 0.3) is 0 Å². The third-order valence-electron chi connectivity index (χ3n) is 4.53. The van der Waals surface area contributed by atoms with Gasteiger partial charge in [0, 0.05) is 24.9 Å². The van der Waals surface area contributed by atoms with Crippen LogP contribution in [0.4, 0.5) is 0 Å². The Bertz CT molecular complexity index is 1210. The normalized spacial score (nSPS) is 11.0. The number of rotatable bonds is 6. The van der Waals surface area contributed by atoms with E-state index in [4.69, 9.17) is 9.26 Å². The van der Waals surface area contributed by atoms with E-state index in [1.807, 2.05) is 24.3 Å². The van der Waals surface area contributed by atoms with Crippen LogP contribution in [-0.2, 0) is 20.0 Å². The maximum atomic E-state index is 12.1. The molecule has 3 aromatic heterocycles. The zero-order valence-electron chi connectivity index (χ0n) is 16.4. The van der Waals surface area contributed by atoms with Crippen molar-refractivity contribution in [3.8, 4) is 23.0 Å². The predicted molar refractivity (Wildman–Crippen MR) is 105 cm³/mol. The first-order valence-electron chi connectivity index (χ1n) is 9.19. The Balaban J connectivity index is 1.54. The molecule has 3 heterocycles. The van der Waals surface area contributed by atoms with Crippen molar-refractivity contribution in [1.82, 2.24) is 29.5 Å². The van der Waals surface area contributed by atoms with Gasteiger partial charge in [-0.2, -0.15) is 10.1 Å². The number of hydrogen-bond acceptors (Lipinski definition) is 7. The minimum atomic E-state index is -0.240. The molecule has 0 bridgehead atoms. The van der Waals surface area contributed by atoms with E-state index < -0.39 is 0 Å². The lowest BCUT2D eigenvalue weighted by molar-refractivity contribution is 0.363. The van der Waals surface area contributed by atoms with E-state index in [-0.39, 0.29) is 18.1 Å².